The first kappa shape index (κ1) is 13.1. The third kappa shape index (κ3) is 2.28. The molecule has 1 aromatic carbocycles. The van der Waals surface area contributed by atoms with Crippen LogP contribution in [0.3, 0.4) is 0 Å². The molecule has 18 heavy (non-hydrogen) atoms. The molecule has 2 aromatic rings. The Morgan fingerprint density at radius 1 is 1.39 bits per heavy atom. The van der Waals surface area contributed by atoms with E-state index in [1.807, 2.05) is 38.1 Å². The first-order chi connectivity index (χ1) is 8.69. The van der Waals surface area contributed by atoms with Crippen molar-refractivity contribution in [3.8, 4) is 0 Å². The quantitative estimate of drug-likeness (QED) is 0.584. The van der Waals surface area contributed by atoms with Gasteiger partial charge in [0, 0.05) is 4.70 Å². The van der Waals surface area contributed by atoms with Gasteiger partial charge in [-0.1, -0.05) is 30.4 Å². The lowest BCUT2D eigenvalue weighted by molar-refractivity contribution is 0.544. The molecule has 0 atom stereocenters. The first-order valence-corrected chi connectivity index (χ1v) is 6.87. The molecule has 1 aromatic heterocycles. The van der Waals surface area contributed by atoms with Gasteiger partial charge in [-0.2, -0.15) is 11.3 Å². The van der Waals surface area contributed by atoms with E-state index < -0.39 is 6.67 Å². The van der Waals surface area contributed by atoms with Gasteiger partial charge in [-0.3, -0.25) is 0 Å². The van der Waals surface area contributed by atoms with Gasteiger partial charge in [-0.05, 0) is 46.8 Å². The van der Waals surface area contributed by atoms with Gasteiger partial charge >= 0.3 is 0 Å². The fraction of sp³-hybridized carbons (Fsp3) is 0.200. The average molecular weight is 258 g/mol. The molecule has 92 valence electrons. The number of alkyl halides is 1. The maximum Gasteiger partial charge on any atom is 0.153 e. The number of fused-ring (bicyclic) bond motifs is 1. The topological polar surface area (TPSA) is 0 Å². The molecule has 0 bridgehead atoms. The lowest BCUT2D eigenvalue weighted by atomic mass is 9.91. The molecule has 1 heterocycles. The number of benzene rings is 1. The van der Waals surface area contributed by atoms with Crippen LogP contribution in [-0.4, -0.2) is 14.5 Å². The highest BCUT2D eigenvalue weighted by Crippen LogP contribution is 2.31. The summed E-state index contributed by atoms with van der Waals surface area (Å²) < 4.78 is 15.5. The summed E-state index contributed by atoms with van der Waals surface area (Å²) in [6, 6.07) is 8.32. The molecule has 0 N–H and O–H groups in total. The third-order valence-electron chi connectivity index (χ3n) is 3.03. The van der Waals surface area contributed by atoms with Gasteiger partial charge in [-0.25, -0.2) is 4.39 Å². The number of hydrogen-bond donors (Lipinski definition) is 0. The van der Waals surface area contributed by atoms with E-state index in [2.05, 4.69) is 20.0 Å². The summed E-state index contributed by atoms with van der Waals surface area (Å²) in [4.78, 5) is 0. The molecule has 0 aliphatic rings. The van der Waals surface area contributed by atoms with Crippen LogP contribution in [0.1, 0.15) is 19.4 Å². The highest BCUT2D eigenvalue weighted by molar-refractivity contribution is 7.26. The highest BCUT2D eigenvalue weighted by Gasteiger charge is 2.12. The summed E-state index contributed by atoms with van der Waals surface area (Å²) >= 11 is 1.77. The zero-order valence-electron chi connectivity index (χ0n) is 11.0. The molecule has 0 amide bonds. The summed E-state index contributed by atoms with van der Waals surface area (Å²) in [6.45, 7) is 3.43. The minimum absolute atomic E-state index is 0.400. The van der Waals surface area contributed by atoms with E-state index in [9.17, 15) is 4.39 Å². The van der Waals surface area contributed by atoms with Crippen molar-refractivity contribution in [2.24, 2.45) is 0 Å². The second-order valence-corrected chi connectivity index (χ2v) is 5.61. The molecule has 0 saturated carbocycles. The fourth-order valence-corrected chi connectivity index (χ4v) is 3.26. The molecule has 0 saturated heterocycles. The van der Waals surface area contributed by atoms with E-state index in [1.54, 1.807) is 11.3 Å². The summed E-state index contributed by atoms with van der Waals surface area (Å²) in [7, 11) is 2.11. The lowest BCUT2D eigenvalue weighted by Gasteiger charge is -2.07. The van der Waals surface area contributed by atoms with Gasteiger partial charge in [0.1, 0.15) is 6.67 Å². The number of thiophene rings is 1. The standard InChI is InChI=1S/C15H16BFS/c1-3-6-11(10(2)9-17)14-12-7-4-5-8-13(12)18-15(14)16/h3-8H,9,16H2,1-2H3/b6-3-,11-10+. The van der Waals surface area contributed by atoms with Crippen molar-refractivity contribution in [2.45, 2.75) is 13.8 Å². The number of halogens is 1. The van der Waals surface area contributed by atoms with E-state index in [-0.39, 0.29) is 0 Å². The Morgan fingerprint density at radius 2 is 2.11 bits per heavy atom. The Labute approximate surface area is 112 Å². The van der Waals surface area contributed by atoms with Crippen molar-refractivity contribution in [3.05, 3.63) is 47.6 Å². The molecule has 0 aliphatic carbocycles. The van der Waals surface area contributed by atoms with E-state index in [4.69, 9.17) is 0 Å². The molecule has 2 rings (SSSR count). The van der Waals surface area contributed by atoms with Crippen LogP contribution in [0.4, 0.5) is 4.39 Å². The predicted molar refractivity (Wildman–Crippen MR) is 83.4 cm³/mol. The Morgan fingerprint density at radius 3 is 2.78 bits per heavy atom. The number of hydrogen-bond acceptors (Lipinski definition) is 1. The Bertz CT molecular complexity index is 622. The molecular weight excluding hydrogens is 242 g/mol. The predicted octanol–water partition coefficient (Wildman–Crippen LogP) is 3.48. The van der Waals surface area contributed by atoms with Gasteiger partial charge < -0.3 is 0 Å². The molecule has 3 heteroatoms. The fourth-order valence-electron chi connectivity index (χ4n) is 2.18. The van der Waals surface area contributed by atoms with Crippen molar-refractivity contribution in [1.82, 2.24) is 0 Å². The van der Waals surface area contributed by atoms with E-state index in [0.29, 0.717) is 0 Å². The van der Waals surface area contributed by atoms with Crippen molar-refractivity contribution in [2.75, 3.05) is 6.67 Å². The first-order valence-electron chi connectivity index (χ1n) is 6.06. The van der Waals surface area contributed by atoms with Crippen molar-refractivity contribution in [3.63, 3.8) is 0 Å². The summed E-state index contributed by atoms with van der Waals surface area (Å²) in [6.07, 6.45) is 3.98. The Kier molecular flexibility index (Phi) is 4.02. The lowest BCUT2D eigenvalue weighted by Crippen LogP contribution is -2.03. The molecule has 0 spiro atoms. The Hall–Kier alpha value is -1.35. The molecule has 0 fully saturated rings. The van der Waals surface area contributed by atoms with E-state index in [1.165, 1.54) is 20.4 Å². The van der Waals surface area contributed by atoms with E-state index in [0.717, 1.165) is 11.1 Å². The second kappa shape index (κ2) is 5.53. The van der Waals surface area contributed by atoms with Crippen LogP contribution in [-0.2, 0) is 0 Å². The molecule has 0 unspecified atom stereocenters. The van der Waals surface area contributed by atoms with Gasteiger partial charge in [-0.15, -0.1) is 0 Å². The van der Waals surface area contributed by atoms with E-state index >= 15 is 0 Å². The molecule has 0 aliphatic heterocycles. The smallest absolute Gasteiger partial charge is 0.153 e. The van der Waals surface area contributed by atoms with Crippen LogP contribution in [0.2, 0.25) is 0 Å². The number of allylic oxidation sites excluding steroid dienone is 4. The van der Waals surface area contributed by atoms with Crippen molar-refractivity contribution >= 4 is 39.6 Å². The maximum atomic E-state index is 13.0. The Balaban J connectivity index is 2.76. The van der Waals surface area contributed by atoms with Crippen LogP contribution in [0, 0.1) is 0 Å². The molecule has 0 radical (unpaired) electrons. The minimum atomic E-state index is -0.400. The second-order valence-electron chi connectivity index (χ2n) is 4.36. The van der Waals surface area contributed by atoms with Crippen LogP contribution < -0.4 is 4.78 Å². The summed E-state index contributed by atoms with van der Waals surface area (Å²) in [5.41, 5.74) is 3.00. The van der Waals surface area contributed by atoms with Gasteiger partial charge in [0.25, 0.3) is 0 Å². The van der Waals surface area contributed by atoms with Crippen molar-refractivity contribution < 1.29 is 4.39 Å². The van der Waals surface area contributed by atoms with Crippen LogP contribution in [0.15, 0.2) is 42.0 Å². The summed E-state index contributed by atoms with van der Waals surface area (Å²) in [5.74, 6) is 0. The van der Waals surface area contributed by atoms with Gasteiger partial charge in [0.05, 0.1) is 0 Å². The minimum Gasteiger partial charge on any atom is -0.246 e. The van der Waals surface area contributed by atoms with Crippen LogP contribution in [0.25, 0.3) is 15.7 Å². The third-order valence-corrected chi connectivity index (χ3v) is 4.12. The SMILES string of the molecule is Bc1sc2ccccc2c1C(/C=C\C)=C(\C)CF. The molecular formula is C15H16BFS. The van der Waals surface area contributed by atoms with Crippen molar-refractivity contribution in [1.29, 1.82) is 0 Å². The average Bonchev–Trinajstić information content (AvgIpc) is 2.71. The van der Waals surface area contributed by atoms with Gasteiger partial charge in [0.2, 0.25) is 0 Å². The number of rotatable bonds is 3. The normalized spacial score (nSPS) is 13.3. The highest BCUT2D eigenvalue weighted by atomic mass is 32.1. The zero-order chi connectivity index (χ0) is 13.1. The van der Waals surface area contributed by atoms with Gasteiger partial charge in [0.15, 0.2) is 7.85 Å². The largest absolute Gasteiger partial charge is 0.246 e. The maximum absolute atomic E-state index is 13.0. The monoisotopic (exact) mass is 258 g/mol. The van der Waals surface area contributed by atoms with Crippen LogP contribution in [0.5, 0.6) is 0 Å². The van der Waals surface area contributed by atoms with Crippen LogP contribution >= 0.6 is 11.3 Å². The zero-order valence-corrected chi connectivity index (χ0v) is 11.8. The molecule has 0 nitrogen and oxygen atoms in total. The summed E-state index contributed by atoms with van der Waals surface area (Å²) in [5, 5.41) is 1.22.